The number of thioether (sulfide) groups is 1. The van der Waals surface area contributed by atoms with E-state index >= 15 is 0 Å². The molecule has 1 aromatic heterocycles. The van der Waals surface area contributed by atoms with Crippen LogP contribution in [0.15, 0.2) is 28.0 Å². The zero-order valence-electron chi connectivity index (χ0n) is 10.4. The summed E-state index contributed by atoms with van der Waals surface area (Å²) in [6.07, 6.45) is 0. The predicted molar refractivity (Wildman–Crippen MR) is 75.0 cm³/mol. The van der Waals surface area contributed by atoms with E-state index in [0.717, 1.165) is 4.34 Å². The fraction of sp³-hybridized carbons (Fsp3) is 0.250. The second kappa shape index (κ2) is 6.12. The van der Waals surface area contributed by atoms with Crippen LogP contribution in [0.5, 0.6) is 0 Å². The van der Waals surface area contributed by atoms with Crippen LogP contribution in [0.25, 0.3) is 0 Å². The summed E-state index contributed by atoms with van der Waals surface area (Å²) < 4.78 is 14.1. The van der Waals surface area contributed by atoms with Gasteiger partial charge in [0.2, 0.25) is 5.91 Å². The van der Waals surface area contributed by atoms with Crippen LogP contribution in [0.1, 0.15) is 12.5 Å². The van der Waals surface area contributed by atoms with Gasteiger partial charge in [-0.1, -0.05) is 29.2 Å². The summed E-state index contributed by atoms with van der Waals surface area (Å²) in [7, 11) is 0. The lowest BCUT2D eigenvalue weighted by Gasteiger charge is -2.10. The third-order valence-electron chi connectivity index (χ3n) is 2.43. The van der Waals surface area contributed by atoms with Crippen LogP contribution in [0.3, 0.4) is 0 Å². The molecule has 0 aliphatic carbocycles. The smallest absolute Gasteiger partial charge is 0.237 e. The summed E-state index contributed by atoms with van der Waals surface area (Å²) in [5.41, 5.74) is 2.62. The summed E-state index contributed by atoms with van der Waals surface area (Å²) in [6, 6.07) is 4.63. The van der Waals surface area contributed by atoms with E-state index in [0.29, 0.717) is 11.3 Å². The highest BCUT2D eigenvalue weighted by Crippen LogP contribution is 2.25. The normalized spacial score (nSPS) is 12.2. The molecule has 0 spiro atoms. The Labute approximate surface area is 118 Å². The lowest BCUT2D eigenvalue weighted by Crippen LogP contribution is -2.22. The Bertz CT molecular complexity index is 574. The van der Waals surface area contributed by atoms with E-state index in [2.05, 4.69) is 15.5 Å². The molecule has 0 saturated heterocycles. The maximum absolute atomic E-state index is 13.4. The molecule has 19 heavy (non-hydrogen) atoms. The van der Waals surface area contributed by atoms with Crippen LogP contribution in [0, 0.1) is 12.7 Å². The third-order valence-corrected chi connectivity index (χ3v) is 4.34. The van der Waals surface area contributed by atoms with Crippen molar-refractivity contribution in [2.75, 3.05) is 5.32 Å². The lowest BCUT2D eigenvalue weighted by atomic mass is 10.2. The van der Waals surface area contributed by atoms with E-state index in [1.165, 1.54) is 29.2 Å². The summed E-state index contributed by atoms with van der Waals surface area (Å²) in [6.45, 7) is 3.45. The first-order chi connectivity index (χ1) is 9.06. The molecule has 4 nitrogen and oxygen atoms in total. The number of hydrogen-bond donors (Lipinski definition) is 1. The molecule has 1 atom stereocenters. The second-order valence-electron chi connectivity index (χ2n) is 3.92. The van der Waals surface area contributed by atoms with Crippen molar-refractivity contribution in [1.82, 2.24) is 10.2 Å². The molecule has 0 unspecified atom stereocenters. The first-order valence-corrected chi connectivity index (χ1v) is 7.32. The summed E-state index contributed by atoms with van der Waals surface area (Å²) in [4.78, 5) is 11.9. The molecule has 0 aliphatic heterocycles. The average molecular weight is 297 g/mol. The van der Waals surface area contributed by atoms with Crippen molar-refractivity contribution in [1.29, 1.82) is 0 Å². The van der Waals surface area contributed by atoms with E-state index in [-0.39, 0.29) is 17.0 Å². The molecule has 0 radical (unpaired) electrons. The molecular formula is C12H12FN3OS2. The first kappa shape index (κ1) is 14.0. The van der Waals surface area contributed by atoms with Gasteiger partial charge in [0.1, 0.15) is 11.3 Å². The number of benzene rings is 1. The van der Waals surface area contributed by atoms with Gasteiger partial charge >= 0.3 is 0 Å². The van der Waals surface area contributed by atoms with Gasteiger partial charge in [0.25, 0.3) is 0 Å². The largest absolute Gasteiger partial charge is 0.325 e. The van der Waals surface area contributed by atoms with E-state index in [1.54, 1.807) is 31.5 Å². The molecule has 1 amide bonds. The maximum atomic E-state index is 13.4. The second-order valence-corrected chi connectivity index (χ2v) is 6.34. The molecule has 1 aromatic carbocycles. The predicted octanol–water partition coefficient (Wildman–Crippen LogP) is 3.10. The molecule has 7 heteroatoms. The first-order valence-electron chi connectivity index (χ1n) is 5.56. The van der Waals surface area contributed by atoms with E-state index in [1.807, 2.05) is 0 Å². The van der Waals surface area contributed by atoms with Gasteiger partial charge < -0.3 is 5.32 Å². The fourth-order valence-corrected chi connectivity index (χ4v) is 2.96. The third kappa shape index (κ3) is 3.74. The molecule has 2 aromatic rings. The number of nitrogens with zero attached hydrogens (tertiary/aromatic N) is 2. The van der Waals surface area contributed by atoms with Gasteiger partial charge in [-0.25, -0.2) is 4.39 Å². The highest BCUT2D eigenvalue weighted by Gasteiger charge is 2.16. The number of hydrogen-bond acceptors (Lipinski definition) is 5. The van der Waals surface area contributed by atoms with Crippen molar-refractivity contribution in [2.24, 2.45) is 0 Å². The number of rotatable bonds is 4. The molecule has 0 saturated carbocycles. The highest BCUT2D eigenvalue weighted by atomic mass is 32.2. The SMILES string of the molecule is Cc1ccc(NC(=O)[C@@H](C)Sc2nncs2)cc1F. The Balaban J connectivity index is 1.98. The van der Waals surface area contributed by atoms with Crippen molar-refractivity contribution in [2.45, 2.75) is 23.4 Å². The minimum atomic E-state index is -0.331. The molecule has 2 rings (SSSR count). The van der Waals surface area contributed by atoms with Crippen molar-refractivity contribution in [3.8, 4) is 0 Å². The lowest BCUT2D eigenvalue weighted by molar-refractivity contribution is -0.115. The van der Waals surface area contributed by atoms with Gasteiger partial charge in [-0.3, -0.25) is 4.79 Å². The molecule has 1 heterocycles. The number of amides is 1. The van der Waals surface area contributed by atoms with Crippen molar-refractivity contribution >= 4 is 34.7 Å². The fourth-order valence-electron chi connectivity index (χ4n) is 1.33. The Morgan fingerprint density at radius 3 is 2.95 bits per heavy atom. The maximum Gasteiger partial charge on any atom is 0.237 e. The number of carbonyl (C=O) groups excluding carboxylic acids is 1. The Kier molecular flexibility index (Phi) is 4.49. The van der Waals surface area contributed by atoms with E-state index in [4.69, 9.17) is 0 Å². The minimum absolute atomic E-state index is 0.191. The molecular weight excluding hydrogens is 285 g/mol. The molecule has 0 fully saturated rings. The number of anilines is 1. The Morgan fingerprint density at radius 2 is 2.32 bits per heavy atom. The number of aromatic nitrogens is 2. The highest BCUT2D eigenvalue weighted by molar-refractivity contribution is 8.02. The molecule has 0 bridgehead atoms. The number of halogens is 1. The van der Waals surface area contributed by atoms with Gasteiger partial charge in [-0.2, -0.15) is 0 Å². The molecule has 0 aliphatic rings. The quantitative estimate of drug-likeness (QED) is 0.881. The Hall–Kier alpha value is -1.47. The van der Waals surface area contributed by atoms with Gasteiger partial charge in [-0.15, -0.1) is 10.2 Å². The Morgan fingerprint density at radius 1 is 1.53 bits per heavy atom. The summed E-state index contributed by atoms with van der Waals surface area (Å²) in [5, 5.41) is 9.93. The zero-order chi connectivity index (χ0) is 13.8. The number of nitrogens with one attached hydrogen (secondary N) is 1. The zero-order valence-corrected chi connectivity index (χ0v) is 12.0. The van der Waals surface area contributed by atoms with Crippen LogP contribution in [0.4, 0.5) is 10.1 Å². The number of aryl methyl sites for hydroxylation is 1. The van der Waals surface area contributed by atoms with Crippen LogP contribution < -0.4 is 5.32 Å². The van der Waals surface area contributed by atoms with Crippen LogP contribution in [0.2, 0.25) is 0 Å². The van der Waals surface area contributed by atoms with Gasteiger partial charge in [-0.05, 0) is 31.5 Å². The van der Waals surface area contributed by atoms with Crippen LogP contribution in [-0.2, 0) is 4.79 Å². The molecule has 100 valence electrons. The van der Waals surface area contributed by atoms with Gasteiger partial charge in [0.15, 0.2) is 4.34 Å². The van der Waals surface area contributed by atoms with E-state index < -0.39 is 0 Å². The average Bonchev–Trinajstić information content (AvgIpc) is 2.86. The van der Waals surface area contributed by atoms with Gasteiger partial charge in [0.05, 0.1) is 5.25 Å². The standard InChI is InChI=1S/C12H12FN3OS2/c1-7-3-4-9(5-10(7)13)15-11(17)8(2)19-12-16-14-6-18-12/h3-6,8H,1-2H3,(H,15,17)/t8-/m1/s1. The number of carbonyl (C=O) groups is 1. The van der Waals surface area contributed by atoms with E-state index in [9.17, 15) is 9.18 Å². The van der Waals surface area contributed by atoms with Crippen molar-refractivity contribution in [3.05, 3.63) is 35.1 Å². The molecule has 1 N–H and O–H groups in total. The van der Waals surface area contributed by atoms with Crippen molar-refractivity contribution < 1.29 is 9.18 Å². The topological polar surface area (TPSA) is 54.9 Å². The minimum Gasteiger partial charge on any atom is -0.325 e. The summed E-state index contributed by atoms with van der Waals surface area (Å²) in [5.74, 6) is -0.523. The summed E-state index contributed by atoms with van der Waals surface area (Å²) >= 11 is 2.70. The van der Waals surface area contributed by atoms with Gasteiger partial charge in [0, 0.05) is 5.69 Å². The monoisotopic (exact) mass is 297 g/mol. The van der Waals surface area contributed by atoms with Crippen LogP contribution in [-0.4, -0.2) is 21.4 Å². The van der Waals surface area contributed by atoms with Crippen LogP contribution >= 0.6 is 23.1 Å². The van der Waals surface area contributed by atoms with Crippen molar-refractivity contribution in [3.63, 3.8) is 0 Å².